The molecule has 0 saturated heterocycles. The fourth-order valence-corrected chi connectivity index (χ4v) is 1.65. The number of nitrogens with zero attached hydrogens (tertiary/aromatic N) is 1. The maximum Gasteiger partial charge on any atom is 0.347 e. The van der Waals surface area contributed by atoms with Crippen LogP contribution in [0.15, 0.2) is 23.0 Å². The summed E-state index contributed by atoms with van der Waals surface area (Å²) in [4.78, 5) is 17.5. The Labute approximate surface area is 98.6 Å². The molecule has 1 aromatic heterocycles. The predicted octanol–water partition coefficient (Wildman–Crippen LogP) is 1.68. The van der Waals surface area contributed by atoms with Gasteiger partial charge in [-0.2, -0.15) is 4.98 Å². The van der Waals surface area contributed by atoms with Gasteiger partial charge < -0.3 is 15.5 Å². The van der Waals surface area contributed by atoms with E-state index in [0.29, 0.717) is 23.3 Å². The molecule has 0 aliphatic carbocycles. The Morgan fingerprint density at radius 1 is 1.47 bits per heavy atom. The van der Waals surface area contributed by atoms with Crippen LogP contribution >= 0.6 is 0 Å². The highest BCUT2D eigenvalue weighted by Gasteiger charge is 2.07. The van der Waals surface area contributed by atoms with Gasteiger partial charge in [0, 0.05) is 0 Å². The van der Waals surface area contributed by atoms with Crippen LogP contribution in [0.1, 0.15) is 19.8 Å². The van der Waals surface area contributed by atoms with Crippen molar-refractivity contribution in [2.24, 2.45) is 0 Å². The van der Waals surface area contributed by atoms with E-state index < -0.39 is 5.69 Å². The van der Waals surface area contributed by atoms with Crippen LogP contribution in [0.2, 0.25) is 0 Å². The summed E-state index contributed by atoms with van der Waals surface area (Å²) in [6, 6.07) is 5.43. The van der Waals surface area contributed by atoms with Crippen molar-refractivity contribution in [1.82, 2.24) is 9.97 Å². The molecule has 90 valence electrons. The van der Waals surface area contributed by atoms with Crippen LogP contribution in [-0.2, 0) is 0 Å². The first-order chi connectivity index (χ1) is 8.22. The number of rotatable bonds is 4. The highest BCUT2D eigenvalue weighted by molar-refractivity contribution is 5.93. The number of hydrogen-bond donors (Lipinski definition) is 2. The van der Waals surface area contributed by atoms with E-state index in [0.717, 1.165) is 12.8 Å². The van der Waals surface area contributed by atoms with E-state index in [9.17, 15) is 4.79 Å². The number of anilines is 1. The lowest BCUT2D eigenvalue weighted by Gasteiger charge is -2.09. The minimum Gasteiger partial charge on any atom is -0.493 e. The predicted molar refractivity (Wildman–Crippen MR) is 67.2 cm³/mol. The number of nitrogens with two attached hydrogens (primary N) is 1. The molecule has 0 atom stereocenters. The number of aromatic amines is 1. The van der Waals surface area contributed by atoms with E-state index >= 15 is 0 Å². The molecule has 3 N–H and O–H groups in total. The summed E-state index contributed by atoms with van der Waals surface area (Å²) in [7, 11) is 0. The van der Waals surface area contributed by atoms with E-state index in [1.165, 1.54) is 0 Å². The summed E-state index contributed by atoms with van der Waals surface area (Å²) in [6.45, 7) is 2.73. The lowest BCUT2D eigenvalue weighted by atomic mass is 10.2. The molecule has 0 saturated carbocycles. The number of fused-ring (bicyclic) bond motifs is 1. The van der Waals surface area contributed by atoms with Crippen molar-refractivity contribution in [3.63, 3.8) is 0 Å². The fraction of sp³-hybridized carbons (Fsp3) is 0.333. The number of H-pyrrole nitrogens is 1. The Morgan fingerprint density at radius 2 is 2.29 bits per heavy atom. The summed E-state index contributed by atoms with van der Waals surface area (Å²) in [5, 5.41) is 0.670. The van der Waals surface area contributed by atoms with Crippen LogP contribution in [0.3, 0.4) is 0 Å². The summed E-state index contributed by atoms with van der Waals surface area (Å²) in [6.07, 6.45) is 2.04. The van der Waals surface area contributed by atoms with Crippen LogP contribution in [0, 0.1) is 0 Å². The fourth-order valence-electron chi connectivity index (χ4n) is 1.65. The van der Waals surface area contributed by atoms with Gasteiger partial charge in [-0.25, -0.2) is 4.79 Å². The highest BCUT2D eigenvalue weighted by atomic mass is 16.5. The zero-order chi connectivity index (χ0) is 12.3. The third kappa shape index (κ3) is 2.38. The first-order valence-electron chi connectivity index (χ1n) is 5.63. The first-order valence-corrected chi connectivity index (χ1v) is 5.63. The Hall–Kier alpha value is -2.04. The Balaban J connectivity index is 2.45. The molecule has 0 radical (unpaired) electrons. The van der Waals surface area contributed by atoms with Crippen molar-refractivity contribution < 1.29 is 4.74 Å². The molecule has 5 nitrogen and oxygen atoms in total. The van der Waals surface area contributed by atoms with Crippen LogP contribution in [0.25, 0.3) is 10.9 Å². The molecule has 0 aliphatic heterocycles. The van der Waals surface area contributed by atoms with Crippen molar-refractivity contribution in [2.45, 2.75) is 19.8 Å². The molecule has 0 fully saturated rings. The van der Waals surface area contributed by atoms with Crippen LogP contribution in [-0.4, -0.2) is 16.6 Å². The molecule has 0 spiro atoms. The van der Waals surface area contributed by atoms with Crippen molar-refractivity contribution in [3.05, 3.63) is 28.7 Å². The smallest absolute Gasteiger partial charge is 0.347 e. The summed E-state index contributed by atoms with van der Waals surface area (Å²) in [5.41, 5.74) is 5.96. The number of unbranched alkanes of at least 4 members (excludes halogenated alkanes) is 1. The van der Waals surface area contributed by atoms with Gasteiger partial charge in [0.1, 0.15) is 11.6 Å². The zero-order valence-corrected chi connectivity index (χ0v) is 9.69. The van der Waals surface area contributed by atoms with Gasteiger partial charge in [-0.3, -0.25) is 0 Å². The summed E-state index contributed by atoms with van der Waals surface area (Å²) < 4.78 is 5.64. The molecule has 1 heterocycles. The van der Waals surface area contributed by atoms with Gasteiger partial charge in [0.15, 0.2) is 0 Å². The van der Waals surface area contributed by atoms with E-state index in [-0.39, 0.29) is 5.82 Å². The van der Waals surface area contributed by atoms with Crippen LogP contribution in [0.4, 0.5) is 5.82 Å². The standard InChI is InChI=1S/C12H15N3O2/c1-2-3-7-17-9-6-4-5-8-10(9)11(13)15-12(16)14-8/h4-6H,2-3,7H2,1H3,(H3,13,14,15,16). The number of hydrogen-bond acceptors (Lipinski definition) is 4. The lowest BCUT2D eigenvalue weighted by molar-refractivity contribution is 0.313. The summed E-state index contributed by atoms with van der Waals surface area (Å²) >= 11 is 0. The molecule has 0 amide bonds. The Morgan fingerprint density at radius 3 is 3.06 bits per heavy atom. The van der Waals surface area contributed by atoms with Crippen LogP contribution < -0.4 is 16.2 Å². The monoisotopic (exact) mass is 233 g/mol. The average Bonchev–Trinajstić information content (AvgIpc) is 2.28. The SMILES string of the molecule is CCCCOc1cccc2[nH]c(=O)nc(N)c12. The van der Waals surface area contributed by atoms with Gasteiger partial charge in [-0.15, -0.1) is 0 Å². The van der Waals surface area contributed by atoms with Crippen molar-refractivity contribution in [2.75, 3.05) is 12.3 Å². The minimum atomic E-state index is -0.444. The zero-order valence-electron chi connectivity index (χ0n) is 9.69. The quantitative estimate of drug-likeness (QED) is 0.787. The second kappa shape index (κ2) is 4.86. The van der Waals surface area contributed by atoms with Gasteiger partial charge in [-0.1, -0.05) is 19.4 Å². The number of aromatic nitrogens is 2. The van der Waals surface area contributed by atoms with Gasteiger partial charge in [0.2, 0.25) is 0 Å². The molecular formula is C12H15N3O2. The molecule has 17 heavy (non-hydrogen) atoms. The van der Waals surface area contributed by atoms with E-state index in [1.807, 2.05) is 12.1 Å². The number of ether oxygens (including phenoxy) is 1. The first kappa shape index (κ1) is 11.4. The Kier molecular flexibility index (Phi) is 3.27. The molecular weight excluding hydrogens is 218 g/mol. The van der Waals surface area contributed by atoms with Gasteiger partial charge in [0.25, 0.3) is 0 Å². The number of benzene rings is 1. The average molecular weight is 233 g/mol. The largest absolute Gasteiger partial charge is 0.493 e. The van der Waals surface area contributed by atoms with Crippen molar-refractivity contribution >= 4 is 16.7 Å². The Bertz CT molecular complexity index is 577. The minimum absolute atomic E-state index is 0.204. The van der Waals surface area contributed by atoms with E-state index in [1.54, 1.807) is 6.07 Å². The topological polar surface area (TPSA) is 81.0 Å². The molecule has 5 heteroatoms. The maximum absolute atomic E-state index is 11.2. The molecule has 1 aromatic carbocycles. The van der Waals surface area contributed by atoms with Crippen LogP contribution in [0.5, 0.6) is 5.75 Å². The van der Waals surface area contributed by atoms with E-state index in [4.69, 9.17) is 10.5 Å². The molecule has 0 bridgehead atoms. The second-order valence-electron chi connectivity index (χ2n) is 3.81. The number of nitrogens with one attached hydrogen (secondary N) is 1. The highest BCUT2D eigenvalue weighted by Crippen LogP contribution is 2.27. The van der Waals surface area contributed by atoms with Gasteiger partial charge in [0.05, 0.1) is 17.5 Å². The van der Waals surface area contributed by atoms with Gasteiger partial charge in [-0.05, 0) is 18.6 Å². The van der Waals surface area contributed by atoms with Crippen molar-refractivity contribution in [1.29, 1.82) is 0 Å². The maximum atomic E-state index is 11.2. The molecule has 2 rings (SSSR count). The van der Waals surface area contributed by atoms with Crippen molar-refractivity contribution in [3.8, 4) is 5.75 Å². The molecule has 0 aliphatic rings. The molecule has 0 unspecified atom stereocenters. The molecule has 2 aromatic rings. The third-order valence-electron chi connectivity index (χ3n) is 2.50. The normalized spacial score (nSPS) is 10.6. The summed E-state index contributed by atoms with van der Waals surface area (Å²) in [5.74, 6) is 0.869. The van der Waals surface area contributed by atoms with E-state index in [2.05, 4.69) is 16.9 Å². The number of nitrogen functional groups attached to an aromatic ring is 1. The second-order valence-corrected chi connectivity index (χ2v) is 3.81. The van der Waals surface area contributed by atoms with Gasteiger partial charge >= 0.3 is 5.69 Å². The lowest BCUT2D eigenvalue weighted by Crippen LogP contribution is -2.13. The third-order valence-corrected chi connectivity index (χ3v) is 2.50.